The molecule has 0 saturated carbocycles. The number of hydrogen-bond acceptors (Lipinski definition) is 7. The summed E-state index contributed by atoms with van der Waals surface area (Å²) in [6, 6.07) is 3.46. The van der Waals surface area contributed by atoms with Crippen molar-refractivity contribution in [1.82, 2.24) is 19.7 Å². The zero-order valence-corrected chi connectivity index (χ0v) is 15.1. The van der Waals surface area contributed by atoms with Gasteiger partial charge in [-0.15, -0.1) is 10.2 Å². The first-order chi connectivity index (χ1) is 11.5. The van der Waals surface area contributed by atoms with E-state index in [-0.39, 0.29) is 17.6 Å². The number of nitrogens with zero attached hydrogens (tertiary/aromatic N) is 4. The highest BCUT2D eigenvalue weighted by Gasteiger charge is 2.15. The second kappa shape index (κ2) is 7.18. The first-order valence-electron chi connectivity index (χ1n) is 7.36. The van der Waals surface area contributed by atoms with Crippen LogP contribution in [0.1, 0.15) is 41.1 Å². The molecule has 0 radical (unpaired) electrons. The molecule has 126 valence electrons. The van der Waals surface area contributed by atoms with Crippen molar-refractivity contribution in [3.63, 3.8) is 0 Å². The molecule has 0 aromatic carbocycles. The van der Waals surface area contributed by atoms with E-state index in [0.29, 0.717) is 16.6 Å². The van der Waals surface area contributed by atoms with Crippen LogP contribution in [0.3, 0.4) is 0 Å². The molecule has 0 aliphatic carbocycles. The predicted molar refractivity (Wildman–Crippen MR) is 93.4 cm³/mol. The fraction of sp³-hybridized carbons (Fsp3) is 0.333. The second-order valence-corrected chi connectivity index (χ2v) is 7.38. The van der Waals surface area contributed by atoms with Gasteiger partial charge in [0.05, 0.1) is 5.75 Å². The van der Waals surface area contributed by atoms with Crippen molar-refractivity contribution in [2.24, 2.45) is 7.05 Å². The smallest absolute Gasteiger partial charge is 0.293 e. The van der Waals surface area contributed by atoms with Gasteiger partial charge in [-0.05, 0) is 12.1 Å². The average Bonchev–Trinajstić information content (AvgIpc) is 3.25. The van der Waals surface area contributed by atoms with Gasteiger partial charge in [-0.25, -0.2) is 4.98 Å². The minimum absolute atomic E-state index is 0.256. The Hall–Kier alpha value is -2.13. The summed E-state index contributed by atoms with van der Waals surface area (Å²) in [5.74, 6) is 1.54. The third-order valence-electron chi connectivity index (χ3n) is 3.16. The monoisotopic (exact) mass is 363 g/mol. The number of amides is 1. The summed E-state index contributed by atoms with van der Waals surface area (Å²) in [6.07, 6.45) is 3.63. The van der Waals surface area contributed by atoms with Crippen molar-refractivity contribution < 1.29 is 9.21 Å². The van der Waals surface area contributed by atoms with Gasteiger partial charge in [0.2, 0.25) is 5.13 Å². The third-order valence-corrected chi connectivity index (χ3v) is 5.38. The van der Waals surface area contributed by atoms with E-state index in [1.165, 1.54) is 11.3 Å². The molecule has 0 saturated heterocycles. The zero-order chi connectivity index (χ0) is 17.1. The van der Waals surface area contributed by atoms with Crippen LogP contribution in [0, 0.1) is 0 Å². The number of aromatic nitrogens is 4. The maximum Gasteiger partial charge on any atom is 0.293 e. The molecule has 0 spiro atoms. The van der Waals surface area contributed by atoms with Crippen molar-refractivity contribution in [2.75, 3.05) is 5.32 Å². The number of anilines is 1. The fourth-order valence-electron chi connectivity index (χ4n) is 1.88. The number of aryl methyl sites for hydroxylation is 1. The van der Waals surface area contributed by atoms with Crippen molar-refractivity contribution in [3.05, 3.63) is 41.1 Å². The highest BCUT2D eigenvalue weighted by Crippen LogP contribution is 2.24. The van der Waals surface area contributed by atoms with Crippen molar-refractivity contribution in [1.29, 1.82) is 0 Å². The average molecular weight is 363 g/mol. The van der Waals surface area contributed by atoms with Gasteiger partial charge in [0, 0.05) is 25.4 Å². The standard InChI is InChI=1S/C15H17N5O2S2/c1-9(2)13-18-19-14(24-13)17-12(21)11-5-4-10(22-11)8-23-15-16-6-7-20(15)3/h4-7,9H,8H2,1-3H3,(H,17,19,21). The molecule has 3 rings (SSSR count). The van der Waals surface area contributed by atoms with E-state index in [2.05, 4.69) is 20.5 Å². The Morgan fingerprint density at radius 2 is 2.25 bits per heavy atom. The lowest BCUT2D eigenvalue weighted by atomic mass is 10.2. The summed E-state index contributed by atoms with van der Waals surface area (Å²) in [5, 5.41) is 13.0. The molecule has 9 heteroatoms. The summed E-state index contributed by atoms with van der Waals surface area (Å²) >= 11 is 2.92. The molecule has 0 aliphatic heterocycles. The Kier molecular flexibility index (Phi) is 5.00. The van der Waals surface area contributed by atoms with E-state index in [4.69, 9.17) is 4.42 Å². The molecule has 3 aromatic heterocycles. The largest absolute Gasteiger partial charge is 0.455 e. The minimum Gasteiger partial charge on any atom is -0.455 e. The van der Waals surface area contributed by atoms with Crippen LogP contribution < -0.4 is 5.32 Å². The Morgan fingerprint density at radius 3 is 2.92 bits per heavy atom. The summed E-state index contributed by atoms with van der Waals surface area (Å²) in [5.41, 5.74) is 0. The lowest BCUT2D eigenvalue weighted by Gasteiger charge is -2.00. The van der Waals surface area contributed by atoms with Crippen LogP contribution >= 0.6 is 23.1 Å². The van der Waals surface area contributed by atoms with E-state index in [1.54, 1.807) is 30.1 Å². The molecular weight excluding hydrogens is 346 g/mol. The van der Waals surface area contributed by atoms with E-state index in [0.717, 1.165) is 10.2 Å². The first kappa shape index (κ1) is 16.7. The second-order valence-electron chi connectivity index (χ2n) is 5.43. The molecule has 0 fully saturated rings. The van der Waals surface area contributed by atoms with E-state index < -0.39 is 0 Å². The Balaban J connectivity index is 1.59. The van der Waals surface area contributed by atoms with Crippen molar-refractivity contribution >= 4 is 34.1 Å². The molecule has 7 nitrogen and oxygen atoms in total. The maximum absolute atomic E-state index is 12.2. The Labute approximate surface area is 147 Å². The van der Waals surface area contributed by atoms with Gasteiger partial charge in [-0.1, -0.05) is 36.9 Å². The molecule has 0 atom stereocenters. The molecule has 0 bridgehead atoms. The van der Waals surface area contributed by atoms with Crippen molar-refractivity contribution in [3.8, 4) is 0 Å². The lowest BCUT2D eigenvalue weighted by Crippen LogP contribution is -2.10. The van der Waals surface area contributed by atoms with E-state index in [1.807, 2.05) is 31.7 Å². The number of imidazole rings is 1. The summed E-state index contributed by atoms with van der Waals surface area (Å²) in [4.78, 5) is 16.4. The predicted octanol–water partition coefficient (Wildman–Crippen LogP) is 3.53. The van der Waals surface area contributed by atoms with Gasteiger partial charge in [0.1, 0.15) is 10.8 Å². The van der Waals surface area contributed by atoms with Gasteiger partial charge in [0.25, 0.3) is 5.91 Å². The number of nitrogens with one attached hydrogen (secondary N) is 1. The van der Waals surface area contributed by atoms with Crippen LogP contribution in [0.25, 0.3) is 0 Å². The maximum atomic E-state index is 12.2. The fourth-order valence-corrected chi connectivity index (χ4v) is 3.45. The first-order valence-corrected chi connectivity index (χ1v) is 9.16. The van der Waals surface area contributed by atoms with Crippen LogP contribution in [0.4, 0.5) is 5.13 Å². The van der Waals surface area contributed by atoms with Crippen LogP contribution in [-0.4, -0.2) is 25.7 Å². The lowest BCUT2D eigenvalue weighted by molar-refractivity contribution is 0.0995. The van der Waals surface area contributed by atoms with Gasteiger partial charge >= 0.3 is 0 Å². The molecule has 0 aliphatic rings. The minimum atomic E-state index is -0.324. The van der Waals surface area contributed by atoms with Crippen LogP contribution in [0.15, 0.2) is 34.1 Å². The molecule has 1 amide bonds. The quantitative estimate of drug-likeness (QED) is 0.674. The molecule has 3 heterocycles. The van der Waals surface area contributed by atoms with Gasteiger partial charge in [-0.2, -0.15) is 0 Å². The van der Waals surface area contributed by atoms with Crippen LogP contribution in [0.5, 0.6) is 0 Å². The number of furan rings is 1. The SMILES string of the molecule is CC(C)c1nnc(NC(=O)c2ccc(CSc3nccn3C)o2)s1. The highest BCUT2D eigenvalue weighted by molar-refractivity contribution is 7.98. The topological polar surface area (TPSA) is 85.8 Å². The van der Waals surface area contributed by atoms with Gasteiger partial charge < -0.3 is 8.98 Å². The number of rotatable bonds is 6. The van der Waals surface area contributed by atoms with Crippen molar-refractivity contribution in [2.45, 2.75) is 30.7 Å². The van der Waals surface area contributed by atoms with Gasteiger partial charge in [0.15, 0.2) is 10.9 Å². The number of carbonyl (C=O) groups excluding carboxylic acids is 1. The molecule has 24 heavy (non-hydrogen) atoms. The zero-order valence-electron chi connectivity index (χ0n) is 13.5. The Bertz CT molecular complexity index is 836. The third kappa shape index (κ3) is 3.85. The number of thioether (sulfide) groups is 1. The van der Waals surface area contributed by atoms with E-state index >= 15 is 0 Å². The summed E-state index contributed by atoms with van der Waals surface area (Å²) < 4.78 is 7.53. The van der Waals surface area contributed by atoms with Gasteiger partial charge in [-0.3, -0.25) is 10.1 Å². The molecule has 0 unspecified atom stereocenters. The molecular formula is C15H17N5O2S2. The van der Waals surface area contributed by atoms with Crippen LogP contribution in [-0.2, 0) is 12.8 Å². The number of hydrogen-bond donors (Lipinski definition) is 1. The summed E-state index contributed by atoms with van der Waals surface area (Å²) in [7, 11) is 1.93. The Morgan fingerprint density at radius 1 is 1.42 bits per heavy atom. The van der Waals surface area contributed by atoms with E-state index in [9.17, 15) is 4.79 Å². The highest BCUT2D eigenvalue weighted by atomic mass is 32.2. The molecule has 1 N–H and O–H groups in total. The van der Waals surface area contributed by atoms with Crippen LogP contribution in [0.2, 0.25) is 0 Å². The summed E-state index contributed by atoms with van der Waals surface area (Å²) in [6.45, 7) is 4.06. The normalized spacial score (nSPS) is 11.2. The number of carbonyl (C=O) groups is 1. The molecule has 3 aromatic rings.